The second-order valence-electron chi connectivity index (χ2n) is 4.81. The Bertz CT molecular complexity index is 504. The molecule has 0 heterocycles. The summed E-state index contributed by atoms with van der Waals surface area (Å²) in [6, 6.07) is 7.01. The number of alkyl halides is 1. The molecule has 0 aliphatic rings. The Morgan fingerprint density at radius 2 is 1.75 bits per heavy atom. The molecule has 0 radical (unpaired) electrons. The van der Waals surface area contributed by atoms with Crippen LogP contribution in [-0.2, 0) is 10.0 Å². The zero-order chi connectivity index (χ0) is 15.0. The van der Waals surface area contributed by atoms with Crippen LogP contribution in [0, 0.1) is 0 Å². The molecule has 114 valence electrons. The van der Waals surface area contributed by atoms with Gasteiger partial charge in [0, 0.05) is 26.5 Å². The highest BCUT2D eigenvalue weighted by atomic mass is 35.5. The molecule has 0 amide bonds. The lowest BCUT2D eigenvalue weighted by Crippen LogP contribution is -2.23. The van der Waals surface area contributed by atoms with Gasteiger partial charge in [0.25, 0.3) is 0 Å². The number of para-hydroxylation sites is 1. The maximum absolute atomic E-state index is 12.2. The van der Waals surface area contributed by atoms with Crippen LogP contribution in [0.15, 0.2) is 29.2 Å². The highest BCUT2D eigenvalue weighted by Gasteiger charge is 2.20. The van der Waals surface area contributed by atoms with Crippen LogP contribution in [0.3, 0.4) is 0 Å². The van der Waals surface area contributed by atoms with Gasteiger partial charge in [-0.1, -0.05) is 25.0 Å². The number of sulfonamides is 1. The van der Waals surface area contributed by atoms with E-state index in [1.165, 1.54) is 18.4 Å². The zero-order valence-electron chi connectivity index (χ0n) is 12.1. The van der Waals surface area contributed by atoms with Gasteiger partial charge in [0.2, 0.25) is 10.0 Å². The number of hydrogen-bond acceptors (Lipinski definition) is 3. The van der Waals surface area contributed by atoms with Crippen molar-refractivity contribution < 1.29 is 8.42 Å². The molecule has 1 rings (SSSR count). The molecule has 20 heavy (non-hydrogen) atoms. The average Bonchev–Trinajstić information content (AvgIpc) is 2.43. The van der Waals surface area contributed by atoms with Crippen LogP contribution < -0.4 is 5.32 Å². The molecule has 0 atom stereocenters. The molecule has 0 aromatic heterocycles. The second kappa shape index (κ2) is 8.49. The van der Waals surface area contributed by atoms with Gasteiger partial charge in [-0.15, -0.1) is 11.6 Å². The number of nitrogens with one attached hydrogen (secondary N) is 1. The van der Waals surface area contributed by atoms with Gasteiger partial charge in [-0.3, -0.25) is 0 Å². The topological polar surface area (TPSA) is 49.4 Å². The fraction of sp³-hybridized carbons (Fsp3) is 0.571. The van der Waals surface area contributed by atoms with Crippen LogP contribution in [-0.4, -0.2) is 39.2 Å². The van der Waals surface area contributed by atoms with Crippen LogP contribution in [0.5, 0.6) is 0 Å². The minimum atomic E-state index is -3.41. The second-order valence-corrected chi connectivity index (χ2v) is 7.31. The lowest BCUT2D eigenvalue weighted by molar-refractivity contribution is 0.521. The largest absolute Gasteiger partial charge is 0.384 e. The number of anilines is 1. The minimum Gasteiger partial charge on any atom is -0.384 e. The Balaban J connectivity index is 2.63. The van der Waals surface area contributed by atoms with E-state index >= 15 is 0 Å². The standard InChI is InChI=1S/C14H23ClN2O2S/c1-17(2)20(18,19)14-10-6-5-9-13(14)16-12-8-4-3-7-11-15/h5-6,9-10,16H,3-4,7-8,11-12H2,1-2H3. The smallest absolute Gasteiger partial charge is 0.244 e. The zero-order valence-corrected chi connectivity index (χ0v) is 13.7. The van der Waals surface area contributed by atoms with E-state index in [1.807, 2.05) is 6.07 Å². The quantitative estimate of drug-likeness (QED) is 0.562. The average molecular weight is 319 g/mol. The highest BCUT2D eigenvalue weighted by molar-refractivity contribution is 7.89. The van der Waals surface area contributed by atoms with E-state index in [0.717, 1.165) is 32.2 Å². The van der Waals surface area contributed by atoms with Crippen LogP contribution in [0.4, 0.5) is 5.69 Å². The van der Waals surface area contributed by atoms with Crippen molar-refractivity contribution in [3.05, 3.63) is 24.3 Å². The SMILES string of the molecule is CN(C)S(=O)(=O)c1ccccc1NCCCCCCCl. The number of nitrogens with zero attached hydrogens (tertiary/aromatic N) is 1. The molecular weight excluding hydrogens is 296 g/mol. The van der Waals surface area contributed by atoms with Gasteiger partial charge in [-0.2, -0.15) is 0 Å². The maximum atomic E-state index is 12.2. The number of rotatable bonds is 9. The summed E-state index contributed by atoms with van der Waals surface area (Å²) in [4.78, 5) is 0.325. The van der Waals surface area contributed by atoms with E-state index in [-0.39, 0.29) is 0 Å². The molecule has 0 unspecified atom stereocenters. The van der Waals surface area contributed by atoms with Crippen LogP contribution in [0.2, 0.25) is 0 Å². The summed E-state index contributed by atoms with van der Waals surface area (Å²) in [5.74, 6) is 0.706. The van der Waals surface area contributed by atoms with Crippen molar-refractivity contribution in [1.29, 1.82) is 0 Å². The first kappa shape index (κ1) is 17.3. The Morgan fingerprint density at radius 3 is 2.40 bits per heavy atom. The first-order valence-electron chi connectivity index (χ1n) is 6.81. The van der Waals surface area contributed by atoms with E-state index in [0.29, 0.717) is 16.5 Å². The molecule has 1 aromatic rings. The van der Waals surface area contributed by atoms with Crippen LogP contribution in [0.1, 0.15) is 25.7 Å². The molecule has 1 N–H and O–H groups in total. The number of benzene rings is 1. The molecule has 0 saturated carbocycles. The predicted octanol–water partition coefficient (Wildman–Crippen LogP) is 3.15. The van der Waals surface area contributed by atoms with Gasteiger partial charge < -0.3 is 5.32 Å². The third kappa shape index (κ3) is 4.96. The predicted molar refractivity (Wildman–Crippen MR) is 85.0 cm³/mol. The van der Waals surface area contributed by atoms with Crippen molar-refractivity contribution in [3.8, 4) is 0 Å². The molecule has 0 aliphatic carbocycles. The molecular formula is C14H23ClN2O2S. The van der Waals surface area contributed by atoms with Gasteiger partial charge in [-0.25, -0.2) is 12.7 Å². The molecule has 0 saturated heterocycles. The van der Waals surface area contributed by atoms with Crippen molar-refractivity contribution in [2.24, 2.45) is 0 Å². The Morgan fingerprint density at radius 1 is 1.10 bits per heavy atom. The summed E-state index contributed by atoms with van der Waals surface area (Å²) in [6.07, 6.45) is 4.26. The summed E-state index contributed by atoms with van der Waals surface area (Å²) < 4.78 is 25.6. The molecule has 1 aromatic carbocycles. The summed E-state index contributed by atoms with van der Waals surface area (Å²) in [7, 11) is -0.326. The molecule has 0 fully saturated rings. The Labute approximate surface area is 127 Å². The highest BCUT2D eigenvalue weighted by Crippen LogP contribution is 2.23. The van der Waals surface area contributed by atoms with Crippen molar-refractivity contribution in [2.45, 2.75) is 30.6 Å². The molecule has 6 heteroatoms. The lowest BCUT2D eigenvalue weighted by atomic mass is 10.2. The van der Waals surface area contributed by atoms with Crippen molar-refractivity contribution >= 4 is 27.3 Å². The lowest BCUT2D eigenvalue weighted by Gasteiger charge is -2.16. The minimum absolute atomic E-state index is 0.325. The monoisotopic (exact) mass is 318 g/mol. The third-order valence-electron chi connectivity index (χ3n) is 3.02. The Kier molecular flexibility index (Phi) is 7.34. The van der Waals surface area contributed by atoms with Crippen LogP contribution >= 0.6 is 11.6 Å². The number of halogens is 1. The molecule has 0 bridgehead atoms. The molecule has 0 spiro atoms. The fourth-order valence-corrected chi connectivity index (χ4v) is 3.08. The summed E-state index contributed by atoms with van der Waals surface area (Å²) in [5, 5.41) is 3.21. The summed E-state index contributed by atoms with van der Waals surface area (Å²) in [6.45, 7) is 0.766. The summed E-state index contributed by atoms with van der Waals surface area (Å²) in [5.41, 5.74) is 0.665. The third-order valence-corrected chi connectivity index (χ3v) is 5.16. The van der Waals surface area contributed by atoms with Crippen molar-refractivity contribution in [3.63, 3.8) is 0 Å². The van der Waals surface area contributed by atoms with E-state index in [9.17, 15) is 8.42 Å². The van der Waals surface area contributed by atoms with Gasteiger partial charge in [0.1, 0.15) is 4.90 Å². The van der Waals surface area contributed by atoms with Gasteiger partial charge in [-0.05, 0) is 25.0 Å². The van der Waals surface area contributed by atoms with Gasteiger partial charge >= 0.3 is 0 Å². The van der Waals surface area contributed by atoms with E-state index < -0.39 is 10.0 Å². The number of unbranched alkanes of at least 4 members (excludes halogenated alkanes) is 3. The van der Waals surface area contributed by atoms with Gasteiger partial charge in [0.15, 0.2) is 0 Å². The Hall–Kier alpha value is -0.780. The molecule has 4 nitrogen and oxygen atoms in total. The number of hydrogen-bond donors (Lipinski definition) is 1. The first-order valence-corrected chi connectivity index (χ1v) is 8.79. The summed E-state index contributed by atoms with van der Waals surface area (Å²) >= 11 is 5.62. The van der Waals surface area contributed by atoms with E-state index in [4.69, 9.17) is 11.6 Å². The fourth-order valence-electron chi connectivity index (χ4n) is 1.83. The first-order chi connectivity index (χ1) is 9.50. The van der Waals surface area contributed by atoms with E-state index in [1.54, 1.807) is 18.2 Å². The van der Waals surface area contributed by atoms with Gasteiger partial charge in [0.05, 0.1) is 5.69 Å². The van der Waals surface area contributed by atoms with E-state index in [2.05, 4.69) is 5.32 Å². The maximum Gasteiger partial charge on any atom is 0.244 e. The van der Waals surface area contributed by atoms with Crippen molar-refractivity contribution in [2.75, 3.05) is 31.8 Å². The molecule has 0 aliphatic heterocycles. The van der Waals surface area contributed by atoms with Crippen LogP contribution in [0.25, 0.3) is 0 Å². The van der Waals surface area contributed by atoms with Crippen molar-refractivity contribution in [1.82, 2.24) is 4.31 Å². The normalized spacial score (nSPS) is 11.8.